The van der Waals surface area contributed by atoms with Crippen molar-refractivity contribution in [3.8, 4) is 0 Å². The van der Waals surface area contributed by atoms with E-state index < -0.39 is 6.04 Å². The average molecular weight is 336 g/mol. The second-order valence-corrected chi connectivity index (χ2v) is 6.70. The van der Waals surface area contributed by atoms with Gasteiger partial charge in [0.1, 0.15) is 6.04 Å². The third-order valence-corrected chi connectivity index (χ3v) is 4.17. The fourth-order valence-electron chi connectivity index (χ4n) is 2.70. The van der Waals surface area contributed by atoms with E-state index in [2.05, 4.69) is 45.9 Å². The Bertz CT molecular complexity index is 554. The summed E-state index contributed by atoms with van der Waals surface area (Å²) < 4.78 is 5.23. The van der Waals surface area contributed by atoms with E-state index in [4.69, 9.17) is 17.0 Å². The van der Waals surface area contributed by atoms with Crippen LogP contribution in [0.3, 0.4) is 0 Å². The smallest absolute Gasteiger partial charge is 0.328 e. The lowest BCUT2D eigenvalue weighted by Gasteiger charge is -2.33. The van der Waals surface area contributed by atoms with Gasteiger partial charge < -0.3 is 9.64 Å². The third-order valence-electron chi connectivity index (χ3n) is 3.81. The molecule has 0 heterocycles. The molecule has 4 heteroatoms. The monoisotopic (exact) mass is 335 g/mol. The molecule has 23 heavy (non-hydrogen) atoms. The summed E-state index contributed by atoms with van der Waals surface area (Å²) in [6.45, 7) is 12.5. The van der Waals surface area contributed by atoms with Gasteiger partial charge in [0.2, 0.25) is 0 Å². The molecule has 0 aliphatic rings. The predicted molar refractivity (Wildman–Crippen MR) is 101 cm³/mol. The first-order valence-electron chi connectivity index (χ1n) is 8.40. The molecule has 1 rings (SSSR count). The number of benzene rings is 1. The number of para-hydroxylation sites is 1. The largest absolute Gasteiger partial charge is 0.464 e. The Kier molecular flexibility index (Phi) is 7.69. The molecule has 0 aromatic heterocycles. The molecule has 0 aliphatic carbocycles. The molecule has 0 radical (unpaired) electrons. The number of carbonyl (C=O) groups excluding carboxylic acids is 1. The van der Waals surface area contributed by atoms with Gasteiger partial charge >= 0.3 is 5.97 Å². The van der Waals surface area contributed by atoms with Gasteiger partial charge in [-0.15, -0.1) is 0 Å². The van der Waals surface area contributed by atoms with E-state index in [0.29, 0.717) is 12.5 Å². The van der Waals surface area contributed by atoms with Crippen LogP contribution in [-0.2, 0) is 16.0 Å². The quantitative estimate of drug-likeness (QED) is 0.534. The number of esters is 1. The molecule has 0 saturated heterocycles. The molecule has 0 spiro atoms. The normalized spacial score (nSPS) is 12.1. The van der Waals surface area contributed by atoms with E-state index in [1.165, 1.54) is 5.56 Å². The van der Waals surface area contributed by atoms with E-state index in [9.17, 15) is 4.79 Å². The fourth-order valence-corrected chi connectivity index (χ4v) is 3.28. The second kappa shape index (κ2) is 9.02. The van der Waals surface area contributed by atoms with Crippen LogP contribution in [0, 0.1) is 12.8 Å². The zero-order valence-electron chi connectivity index (χ0n) is 15.2. The highest BCUT2D eigenvalue weighted by molar-refractivity contribution is 7.80. The number of aryl methyl sites for hydroxylation is 2. The lowest BCUT2D eigenvalue weighted by molar-refractivity contribution is -0.144. The van der Waals surface area contributed by atoms with Crippen LogP contribution in [0.15, 0.2) is 18.2 Å². The van der Waals surface area contributed by atoms with Crippen molar-refractivity contribution in [3.63, 3.8) is 0 Å². The van der Waals surface area contributed by atoms with Gasteiger partial charge in [0.15, 0.2) is 0 Å². The summed E-state index contributed by atoms with van der Waals surface area (Å²) >= 11 is 5.70. The molecule has 0 fully saturated rings. The van der Waals surface area contributed by atoms with Gasteiger partial charge in [-0.2, -0.15) is 0 Å². The number of thiocarbonyl (C=S) groups is 1. The van der Waals surface area contributed by atoms with Crippen molar-refractivity contribution in [1.82, 2.24) is 0 Å². The van der Waals surface area contributed by atoms with Crippen molar-refractivity contribution in [1.29, 1.82) is 0 Å². The maximum Gasteiger partial charge on any atom is 0.328 e. The van der Waals surface area contributed by atoms with Crippen molar-refractivity contribution in [2.24, 2.45) is 5.92 Å². The Hall–Kier alpha value is -1.42. The van der Waals surface area contributed by atoms with Crippen LogP contribution < -0.4 is 4.90 Å². The highest BCUT2D eigenvalue weighted by Gasteiger charge is 2.28. The van der Waals surface area contributed by atoms with Gasteiger partial charge in [0, 0.05) is 12.1 Å². The maximum absolute atomic E-state index is 12.3. The van der Waals surface area contributed by atoms with Gasteiger partial charge in [-0.05, 0) is 44.2 Å². The van der Waals surface area contributed by atoms with Crippen molar-refractivity contribution < 1.29 is 9.53 Å². The van der Waals surface area contributed by atoms with Gasteiger partial charge in [-0.1, -0.05) is 51.2 Å². The summed E-state index contributed by atoms with van der Waals surface area (Å²) in [6.07, 6.45) is 1.67. The Labute approximate surface area is 146 Å². The zero-order chi connectivity index (χ0) is 17.6. The van der Waals surface area contributed by atoms with Crippen LogP contribution in [-0.4, -0.2) is 23.6 Å². The van der Waals surface area contributed by atoms with Gasteiger partial charge in [-0.3, -0.25) is 0 Å². The molecule has 3 nitrogen and oxygen atoms in total. The van der Waals surface area contributed by atoms with Crippen molar-refractivity contribution in [2.45, 2.75) is 60.4 Å². The van der Waals surface area contributed by atoms with Crippen LogP contribution in [0.5, 0.6) is 0 Å². The lowest BCUT2D eigenvalue weighted by atomic mass is 10.0. The lowest BCUT2D eigenvalue weighted by Crippen LogP contribution is -2.44. The van der Waals surface area contributed by atoms with E-state index in [-0.39, 0.29) is 5.97 Å². The number of anilines is 1. The molecule has 128 valence electrons. The molecular formula is C19H29NO2S. The summed E-state index contributed by atoms with van der Waals surface area (Å²) in [5.74, 6) is 0.206. The summed E-state index contributed by atoms with van der Waals surface area (Å²) in [5.41, 5.74) is 3.39. The first-order chi connectivity index (χ1) is 10.8. The summed E-state index contributed by atoms with van der Waals surface area (Å²) in [6, 6.07) is 5.80. The molecule has 1 atom stereocenters. The van der Waals surface area contributed by atoms with E-state index in [1.54, 1.807) is 0 Å². The Morgan fingerprint density at radius 3 is 2.43 bits per heavy atom. The number of hydrogen-bond donors (Lipinski definition) is 0. The minimum absolute atomic E-state index is 0.232. The molecule has 1 unspecified atom stereocenters. The number of rotatable bonds is 7. The molecule has 0 aliphatic heterocycles. The molecule has 0 saturated carbocycles. The molecule has 0 bridgehead atoms. The minimum Gasteiger partial charge on any atom is -0.464 e. The van der Waals surface area contributed by atoms with Crippen LogP contribution in [0.1, 0.15) is 52.2 Å². The minimum atomic E-state index is -0.424. The first-order valence-corrected chi connectivity index (χ1v) is 8.81. The highest BCUT2D eigenvalue weighted by Crippen LogP contribution is 2.30. The van der Waals surface area contributed by atoms with E-state index >= 15 is 0 Å². The van der Waals surface area contributed by atoms with Crippen molar-refractivity contribution in [2.75, 3.05) is 11.5 Å². The molecule has 1 aromatic carbocycles. The van der Waals surface area contributed by atoms with Crippen LogP contribution in [0.25, 0.3) is 0 Å². The number of ether oxygens (including phenoxy) is 1. The van der Waals surface area contributed by atoms with Gasteiger partial charge in [0.25, 0.3) is 0 Å². The average Bonchev–Trinajstić information content (AvgIpc) is 2.48. The summed E-state index contributed by atoms with van der Waals surface area (Å²) in [7, 11) is 0. The topological polar surface area (TPSA) is 29.5 Å². The SMILES string of the molecule is CCOC(=O)C(C)N(C(=S)CC(C)C)c1c(C)cccc1CC. The van der Waals surface area contributed by atoms with Gasteiger partial charge in [-0.25, -0.2) is 4.79 Å². The summed E-state index contributed by atoms with van der Waals surface area (Å²) in [4.78, 5) is 15.1. The van der Waals surface area contributed by atoms with Crippen LogP contribution in [0.2, 0.25) is 0 Å². The first kappa shape index (κ1) is 19.6. The van der Waals surface area contributed by atoms with E-state index in [1.807, 2.05) is 18.7 Å². The molecule has 0 amide bonds. The Balaban J connectivity index is 3.35. The Morgan fingerprint density at radius 2 is 1.91 bits per heavy atom. The van der Waals surface area contributed by atoms with Gasteiger partial charge in [0.05, 0.1) is 11.6 Å². The number of nitrogens with zero attached hydrogens (tertiary/aromatic N) is 1. The number of hydrogen-bond acceptors (Lipinski definition) is 3. The fraction of sp³-hybridized carbons (Fsp3) is 0.579. The maximum atomic E-state index is 12.3. The Morgan fingerprint density at radius 1 is 1.26 bits per heavy atom. The second-order valence-electron chi connectivity index (χ2n) is 6.23. The molecule has 0 N–H and O–H groups in total. The highest BCUT2D eigenvalue weighted by atomic mass is 32.1. The van der Waals surface area contributed by atoms with Crippen molar-refractivity contribution in [3.05, 3.63) is 29.3 Å². The zero-order valence-corrected chi connectivity index (χ0v) is 16.0. The predicted octanol–water partition coefficient (Wildman–Crippen LogP) is 4.69. The standard InChI is InChI=1S/C19H29NO2S/c1-7-16-11-9-10-14(5)18(16)20(17(23)12-13(3)4)15(6)19(21)22-8-2/h9-11,13,15H,7-8,12H2,1-6H3. The molecule has 1 aromatic rings. The van der Waals surface area contributed by atoms with Crippen molar-refractivity contribution >= 4 is 28.9 Å². The number of carbonyl (C=O) groups is 1. The molecular weight excluding hydrogens is 306 g/mol. The summed E-state index contributed by atoms with van der Waals surface area (Å²) in [5, 5.41) is 0. The third kappa shape index (κ3) is 5.03. The van der Waals surface area contributed by atoms with Crippen LogP contribution >= 0.6 is 12.2 Å². The van der Waals surface area contributed by atoms with E-state index in [0.717, 1.165) is 29.1 Å². The van der Waals surface area contributed by atoms with Crippen LogP contribution in [0.4, 0.5) is 5.69 Å².